The average molecular weight is 628 g/mol. The molecule has 49 heavy (non-hydrogen) atoms. The predicted octanol–water partition coefficient (Wildman–Crippen LogP) is 11.0. The van der Waals surface area contributed by atoms with Crippen molar-refractivity contribution < 1.29 is 0 Å². The van der Waals surface area contributed by atoms with Gasteiger partial charge in [0.15, 0.2) is 6.17 Å². The Morgan fingerprint density at radius 1 is 0.449 bits per heavy atom. The van der Waals surface area contributed by atoms with Crippen molar-refractivity contribution in [2.24, 2.45) is 9.98 Å². The minimum atomic E-state index is -0.355. The van der Waals surface area contributed by atoms with Crippen LogP contribution in [-0.2, 0) is 5.41 Å². The molecule has 0 saturated heterocycles. The lowest BCUT2D eigenvalue weighted by atomic mass is 9.80. The average Bonchev–Trinajstić information content (AvgIpc) is 3.33. The van der Waals surface area contributed by atoms with Gasteiger partial charge in [-0.1, -0.05) is 166 Å². The molecule has 0 saturated carbocycles. The molecule has 232 valence electrons. The summed E-state index contributed by atoms with van der Waals surface area (Å²) in [5.74, 6) is 1.65. The third-order valence-corrected chi connectivity index (χ3v) is 10.7. The van der Waals surface area contributed by atoms with E-state index in [-0.39, 0.29) is 11.6 Å². The van der Waals surface area contributed by atoms with Crippen molar-refractivity contribution in [3.05, 3.63) is 179 Å². The van der Waals surface area contributed by atoms with Crippen LogP contribution >= 0.6 is 0 Å². The molecule has 0 aromatic heterocycles. The molecule has 3 heteroatoms. The second kappa shape index (κ2) is 10.5. The van der Waals surface area contributed by atoms with Crippen molar-refractivity contribution in [2.75, 3.05) is 0 Å². The van der Waals surface area contributed by atoms with Crippen molar-refractivity contribution in [1.82, 2.24) is 5.32 Å². The zero-order valence-corrected chi connectivity index (χ0v) is 27.4. The molecule has 0 bridgehead atoms. The minimum Gasteiger partial charge on any atom is -0.324 e. The van der Waals surface area contributed by atoms with Crippen LogP contribution in [0.15, 0.2) is 162 Å². The van der Waals surface area contributed by atoms with Gasteiger partial charge >= 0.3 is 0 Å². The Bertz CT molecular complexity index is 2410. The normalized spacial score (nSPS) is 15.2. The fourth-order valence-corrected chi connectivity index (χ4v) is 8.31. The van der Waals surface area contributed by atoms with E-state index >= 15 is 0 Å². The number of nitrogens with zero attached hydrogens (tertiary/aromatic N) is 2. The molecule has 0 radical (unpaired) electrons. The topological polar surface area (TPSA) is 36.8 Å². The smallest absolute Gasteiger partial charge is 0.169 e. The molecule has 2 aliphatic carbocycles. The van der Waals surface area contributed by atoms with Crippen LogP contribution in [0.5, 0.6) is 0 Å². The third kappa shape index (κ3) is 4.15. The van der Waals surface area contributed by atoms with E-state index in [1.807, 2.05) is 36.4 Å². The van der Waals surface area contributed by atoms with Crippen LogP contribution < -0.4 is 5.32 Å². The molecule has 1 heterocycles. The molecule has 7 aromatic carbocycles. The molecule has 0 atom stereocenters. The lowest BCUT2D eigenvalue weighted by Gasteiger charge is -2.23. The number of amidine groups is 2. The standard InChI is InChI=1S/C46H33N3/c1-46(2)38-20-10-18-35-34-17-9-16-33-32(26-27-37(40(33)34)36-19-11-21-39(46)42(36)41(35)38)28-22-24-31(25-23-28)45-48-43(29-12-5-3-6-13-29)47-44(49-45)30-14-7-4-8-15-30/h3-27,45H,1-2H3,(H,47,48,49). The van der Waals surface area contributed by atoms with Crippen LogP contribution in [0.25, 0.3) is 55.3 Å². The van der Waals surface area contributed by atoms with Crippen molar-refractivity contribution in [3.63, 3.8) is 0 Å². The number of hydrogen-bond donors (Lipinski definition) is 1. The number of benzene rings is 7. The second-order valence-electron chi connectivity index (χ2n) is 13.8. The molecule has 0 fully saturated rings. The highest BCUT2D eigenvalue weighted by molar-refractivity contribution is 6.18. The Morgan fingerprint density at radius 3 is 1.55 bits per heavy atom. The van der Waals surface area contributed by atoms with Gasteiger partial charge in [0.2, 0.25) is 0 Å². The van der Waals surface area contributed by atoms with Crippen LogP contribution in [0.3, 0.4) is 0 Å². The number of aliphatic imine (C=N–C) groups is 2. The Labute approximate surface area is 286 Å². The number of hydrogen-bond acceptors (Lipinski definition) is 3. The van der Waals surface area contributed by atoms with Crippen molar-refractivity contribution in [1.29, 1.82) is 0 Å². The van der Waals surface area contributed by atoms with E-state index in [4.69, 9.17) is 9.98 Å². The molecule has 1 N–H and O–H groups in total. The SMILES string of the molecule is CC1(C)c2cccc3c2-c2c(cccc21)-c1ccc(-c2ccc(C4N=C(c5ccccc5)NC(c5ccccc5)=N4)cc2)c2cccc-3c12. The summed E-state index contributed by atoms with van der Waals surface area (Å²) in [5.41, 5.74) is 16.4. The van der Waals surface area contributed by atoms with Crippen LogP contribution in [-0.4, -0.2) is 11.7 Å². The number of fused-ring (bicyclic) bond motifs is 2. The summed E-state index contributed by atoms with van der Waals surface area (Å²) in [6.07, 6.45) is -0.355. The summed E-state index contributed by atoms with van der Waals surface area (Å²) >= 11 is 0. The first-order chi connectivity index (χ1) is 24.1. The summed E-state index contributed by atoms with van der Waals surface area (Å²) in [6.45, 7) is 4.74. The first-order valence-corrected chi connectivity index (χ1v) is 17.0. The Morgan fingerprint density at radius 2 is 0.959 bits per heavy atom. The van der Waals surface area contributed by atoms with Gasteiger partial charge in [-0.3, -0.25) is 0 Å². The van der Waals surface area contributed by atoms with Gasteiger partial charge in [0.05, 0.1) is 0 Å². The maximum atomic E-state index is 5.09. The molecule has 0 unspecified atom stereocenters. The van der Waals surface area contributed by atoms with Gasteiger partial charge in [-0.05, 0) is 72.0 Å². The van der Waals surface area contributed by atoms with E-state index in [0.29, 0.717) is 0 Å². The fourth-order valence-electron chi connectivity index (χ4n) is 8.31. The van der Waals surface area contributed by atoms with Gasteiger partial charge in [-0.15, -0.1) is 0 Å². The van der Waals surface area contributed by atoms with E-state index in [1.54, 1.807) is 0 Å². The lowest BCUT2D eigenvalue weighted by molar-refractivity contribution is 0.660. The Hall–Kier alpha value is -6.06. The van der Waals surface area contributed by atoms with Crippen molar-refractivity contribution in [2.45, 2.75) is 25.4 Å². The molecule has 1 aliphatic heterocycles. The summed E-state index contributed by atoms with van der Waals surface area (Å²) < 4.78 is 0. The van der Waals surface area contributed by atoms with Crippen LogP contribution in [0.4, 0.5) is 0 Å². The first kappa shape index (κ1) is 28.0. The zero-order valence-electron chi connectivity index (χ0n) is 27.4. The van der Waals surface area contributed by atoms with Gasteiger partial charge in [-0.2, -0.15) is 0 Å². The van der Waals surface area contributed by atoms with Gasteiger partial charge in [0.25, 0.3) is 0 Å². The molecule has 0 amide bonds. The van der Waals surface area contributed by atoms with Crippen LogP contribution in [0, 0.1) is 0 Å². The summed E-state index contributed by atoms with van der Waals surface area (Å²) in [7, 11) is 0. The molecule has 3 nitrogen and oxygen atoms in total. The van der Waals surface area contributed by atoms with Crippen molar-refractivity contribution >= 4 is 22.4 Å². The highest BCUT2D eigenvalue weighted by Gasteiger charge is 2.40. The first-order valence-electron chi connectivity index (χ1n) is 17.0. The molecular formula is C46H33N3. The zero-order chi connectivity index (χ0) is 32.7. The number of rotatable bonds is 4. The molecule has 0 spiro atoms. The monoisotopic (exact) mass is 627 g/mol. The molecular weight excluding hydrogens is 595 g/mol. The summed E-state index contributed by atoms with van der Waals surface area (Å²) in [6, 6.07) is 54.7. The van der Waals surface area contributed by atoms with E-state index in [0.717, 1.165) is 28.4 Å². The quantitative estimate of drug-likeness (QED) is 0.207. The summed E-state index contributed by atoms with van der Waals surface area (Å²) in [5, 5.41) is 6.09. The van der Waals surface area contributed by atoms with Gasteiger partial charge in [-0.25, -0.2) is 9.98 Å². The van der Waals surface area contributed by atoms with E-state index < -0.39 is 0 Å². The molecule has 7 aromatic rings. The Kier molecular flexibility index (Phi) is 5.98. The second-order valence-corrected chi connectivity index (χ2v) is 13.8. The summed E-state index contributed by atoms with van der Waals surface area (Å²) in [4.78, 5) is 10.2. The lowest BCUT2D eigenvalue weighted by Crippen LogP contribution is -2.35. The van der Waals surface area contributed by atoms with E-state index in [1.165, 1.54) is 66.4 Å². The minimum absolute atomic E-state index is 0.0318. The van der Waals surface area contributed by atoms with Gasteiger partial charge < -0.3 is 5.32 Å². The third-order valence-electron chi connectivity index (χ3n) is 10.7. The van der Waals surface area contributed by atoms with E-state index in [9.17, 15) is 0 Å². The molecule has 3 aliphatic rings. The van der Waals surface area contributed by atoms with Crippen LogP contribution in [0.2, 0.25) is 0 Å². The fraction of sp³-hybridized carbons (Fsp3) is 0.0870. The van der Waals surface area contributed by atoms with Crippen LogP contribution in [0.1, 0.15) is 47.8 Å². The largest absolute Gasteiger partial charge is 0.324 e. The predicted molar refractivity (Wildman–Crippen MR) is 203 cm³/mol. The van der Waals surface area contributed by atoms with Crippen molar-refractivity contribution in [3.8, 4) is 44.5 Å². The highest BCUT2D eigenvalue weighted by Crippen LogP contribution is 2.58. The Balaban J connectivity index is 1.10. The molecule has 10 rings (SSSR count). The maximum absolute atomic E-state index is 5.09. The maximum Gasteiger partial charge on any atom is 0.169 e. The van der Waals surface area contributed by atoms with E-state index in [2.05, 4.69) is 134 Å². The van der Waals surface area contributed by atoms with Gasteiger partial charge in [0.1, 0.15) is 11.7 Å². The number of nitrogens with one attached hydrogen (secondary N) is 1. The van der Waals surface area contributed by atoms with Gasteiger partial charge in [0, 0.05) is 16.5 Å². The highest BCUT2D eigenvalue weighted by atomic mass is 15.2.